The number of carbonyl (C=O) groups is 2. The van der Waals surface area contributed by atoms with E-state index >= 15 is 0 Å². The normalized spacial score (nSPS) is 14.4. The number of carbonyl (C=O) groups excluding carboxylic acids is 2. The van der Waals surface area contributed by atoms with Gasteiger partial charge in [0.25, 0.3) is 11.8 Å². The largest absolute Gasteiger partial charge is 0.366 e. The van der Waals surface area contributed by atoms with E-state index in [1.54, 1.807) is 41.3 Å². The number of halogens is 1. The Hall–Kier alpha value is -2.89. The molecule has 1 aliphatic heterocycles. The lowest BCUT2D eigenvalue weighted by molar-refractivity contribution is 0.0746. The topological polar surface area (TPSA) is 52.7 Å². The van der Waals surface area contributed by atoms with Crippen LogP contribution in [0.4, 0.5) is 10.1 Å². The van der Waals surface area contributed by atoms with Gasteiger partial charge in [-0.15, -0.1) is 0 Å². The summed E-state index contributed by atoms with van der Waals surface area (Å²) >= 11 is 0. The van der Waals surface area contributed by atoms with Crippen molar-refractivity contribution in [3.05, 3.63) is 65.5 Å². The monoisotopic (exact) mass is 369 g/mol. The van der Waals surface area contributed by atoms with Crippen LogP contribution in [0.15, 0.2) is 48.5 Å². The first-order valence-electron chi connectivity index (χ1n) is 9.15. The lowest BCUT2D eigenvalue weighted by Gasteiger charge is -2.36. The van der Waals surface area contributed by atoms with Gasteiger partial charge in [0, 0.05) is 43.3 Å². The zero-order chi connectivity index (χ0) is 19.4. The predicted molar refractivity (Wildman–Crippen MR) is 104 cm³/mol. The van der Waals surface area contributed by atoms with Crippen LogP contribution in [0.1, 0.15) is 34.6 Å². The van der Waals surface area contributed by atoms with Crippen LogP contribution in [0.5, 0.6) is 0 Å². The number of hydrogen-bond acceptors (Lipinski definition) is 3. The Morgan fingerprint density at radius 3 is 2.30 bits per heavy atom. The van der Waals surface area contributed by atoms with Gasteiger partial charge in [-0.05, 0) is 44.2 Å². The second-order valence-corrected chi connectivity index (χ2v) is 6.94. The number of benzene rings is 2. The molecule has 27 heavy (non-hydrogen) atoms. The van der Waals surface area contributed by atoms with Gasteiger partial charge in [-0.1, -0.05) is 18.2 Å². The first-order chi connectivity index (χ1) is 13.0. The Balaban J connectivity index is 1.66. The van der Waals surface area contributed by atoms with Crippen molar-refractivity contribution in [2.24, 2.45) is 0 Å². The smallest absolute Gasteiger partial charge is 0.253 e. The summed E-state index contributed by atoms with van der Waals surface area (Å²) in [5.74, 6) is -0.549. The lowest BCUT2D eigenvalue weighted by Crippen LogP contribution is -2.49. The van der Waals surface area contributed by atoms with Gasteiger partial charge in [-0.3, -0.25) is 9.59 Å². The third-order valence-electron chi connectivity index (χ3n) is 4.55. The number of rotatable bonds is 4. The molecule has 1 N–H and O–H groups in total. The van der Waals surface area contributed by atoms with Gasteiger partial charge in [-0.2, -0.15) is 0 Å². The SMILES string of the molecule is CC(C)NC(=O)c1cccc(C(=O)N2CCN(c3ccccc3F)CC2)c1. The summed E-state index contributed by atoms with van der Waals surface area (Å²) in [4.78, 5) is 28.7. The molecule has 3 rings (SSSR count). The Bertz CT molecular complexity index is 830. The number of amides is 2. The molecule has 0 aromatic heterocycles. The Morgan fingerprint density at radius 2 is 1.63 bits per heavy atom. The first kappa shape index (κ1) is 18.9. The van der Waals surface area contributed by atoms with Gasteiger partial charge in [-0.25, -0.2) is 4.39 Å². The van der Waals surface area contributed by atoms with Crippen molar-refractivity contribution >= 4 is 17.5 Å². The highest BCUT2D eigenvalue weighted by atomic mass is 19.1. The highest BCUT2D eigenvalue weighted by molar-refractivity contribution is 5.99. The minimum Gasteiger partial charge on any atom is -0.366 e. The quantitative estimate of drug-likeness (QED) is 0.902. The van der Waals surface area contributed by atoms with Crippen molar-refractivity contribution in [2.45, 2.75) is 19.9 Å². The van der Waals surface area contributed by atoms with Gasteiger partial charge in [0.2, 0.25) is 0 Å². The number of nitrogens with zero attached hydrogens (tertiary/aromatic N) is 2. The Morgan fingerprint density at radius 1 is 0.963 bits per heavy atom. The maximum atomic E-state index is 13.9. The fraction of sp³-hybridized carbons (Fsp3) is 0.333. The molecule has 2 aromatic carbocycles. The van der Waals surface area contributed by atoms with Crippen LogP contribution in [-0.2, 0) is 0 Å². The standard InChI is InChI=1S/C21H24FN3O2/c1-15(2)23-20(26)16-6-5-7-17(14-16)21(27)25-12-10-24(11-13-25)19-9-4-3-8-18(19)22/h3-9,14-15H,10-13H2,1-2H3,(H,23,26). The molecule has 2 amide bonds. The maximum Gasteiger partial charge on any atom is 0.253 e. The fourth-order valence-corrected chi connectivity index (χ4v) is 3.18. The second-order valence-electron chi connectivity index (χ2n) is 6.94. The molecule has 0 aliphatic carbocycles. The summed E-state index contributed by atoms with van der Waals surface area (Å²) in [6.45, 7) is 5.94. The maximum absolute atomic E-state index is 13.9. The van der Waals surface area contributed by atoms with E-state index in [0.29, 0.717) is 43.0 Å². The van der Waals surface area contributed by atoms with Crippen molar-refractivity contribution in [3.63, 3.8) is 0 Å². The Kier molecular flexibility index (Phi) is 5.74. The zero-order valence-electron chi connectivity index (χ0n) is 15.6. The summed E-state index contributed by atoms with van der Waals surface area (Å²) in [5.41, 5.74) is 1.53. The molecule has 0 spiro atoms. The third kappa shape index (κ3) is 4.45. The molecule has 0 bridgehead atoms. The summed E-state index contributed by atoms with van der Waals surface area (Å²) in [6.07, 6.45) is 0. The molecule has 0 atom stereocenters. The Labute approximate surface area is 158 Å². The molecule has 0 radical (unpaired) electrons. The van der Waals surface area contributed by atoms with E-state index in [2.05, 4.69) is 5.32 Å². The van der Waals surface area contributed by atoms with E-state index in [4.69, 9.17) is 0 Å². The molecule has 0 saturated carbocycles. The van der Waals surface area contributed by atoms with Gasteiger partial charge in [0.05, 0.1) is 5.69 Å². The second kappa shape index (κ2) is 8.20. The molecular weight excluding hydrogens is 345 g/mol. The highest BCUT2D eigenvalue weighted by Gasteiger charge is 2.24. The number of anilines is 1. The summed E-state index contributed by atoms with van der Waals surface area (Å²) < 4.78 is 13.9. The van der Waals surface area contributed by atoms with Gasteiger partial charge < -0.3 is 15.1 Å². The van der Waals surface area contributed by atoms with Gasteiger partial charge in [0.1, 0.15) is 5.82 Å². The van der Waals surface area contributed by atoms with Crippen LogP contribution in [0, 0.1) is 5.82 Å². The summed E-state index contributed by atoms with van der Waals surface area (Å²) in [6, 6.07) is 13.5. The molecule has 142 valence electrons. The summed E-state index contributed by atoms with van der Waals surface area (Å²) in [5, 5.41) is 2.83. The molecule has 1 saturated heterocycles. The number of nitrogens with one attached hydrogen (secondary N) is 1. The molecule has 0 unspecified atom stereocenters. The van der Waals surface area contributed by atoms with E-state index in [9.17, 15) is 14.0 Å². The molecule has 1 heterocycles. The fourth-order valence-electron chi connectivity index (χ4n) is 3.18. The average Bonchev–Trinajstić information content (AvgIpc) is 2.67. The van der Waals surface area contributed by atoms with E-state index < -0.39 is 0 Å². The van der Waals surface area contributed by atoms with Crippen LogP contribution in [-0.4, -0.2) is 48.9 Å². The van der Waals surface area contributed by atoms with E-state index in [1.807, 2.05) is 24.8 Å². The molecule has 6 heteroatoms. The zero-order valence-corrected chi connectivity index (χ0v) is 15.6. The molecule has 1 aliphatic rings. The molecular formula is C21H24FN3O2. The van der Waals surface area contributed by atoms with Crippen LogP contribution < -0.4 is 10.2 Å². The van der Waals surface area contributed by atoms with E-state index in [-0.39, 0.29) is 23.7 Å². The van der Waals surface area contributed by atoms with Crippen molar-refractivity contribution in [1.29, 1.82) is 0 Å². The molecule has 1 fully saturated rings. The number of hydrogen-bond donors (Lipinski definition) is 1. The summed E-state index contributed by atoms with van der Waals surface area (Å²) in [7, 11) is 0. The predicted octanol–water partition coefficient (Wildman–Crippen LogP) is 2.93. The number of para-hydroxylation sites is 1. The minimum absolute atomic E-state index is 0.0308. The van der Waals surface area contributed by atoms with Crippen molar-refractivity contribution in [3.8, 4) is 0 Å². The highest BCUT2D eigenvalue weighted by Crippen LogP contribution is 2.21. The van der Waals surface area contributed by atoms with Crippen LogP contribution in [0.3, 0.4) is 0 Å². The average molecular weight is 369 g/mol. The molecule has 5 nitrogen and oxygen atoms in total. The number of piperazine rings is 1. The van der Waals surface area contributed by atoms with E-state index in [0.717, 1.165) is 0 Å². The first-order valence-corrected chi connectivity index (χ1v) is 9.15. The van der Waals surface area contributed by atoms with Crippen molar-refractivity contribution < 1.29 is 14.0 Å². The van der Waals surface area contributed by atoms with E-state index in [1.165, 1.54) is 6.07 Å². The van der Waals surface area contributed by atoms with Crippen LogP contribution >= 0.6 is 0 Å². The minimum atomic E-state index is -0.249. The third-order valence-corrected chi connectivity index (χ3v) is 4.55. The molecule has 2 aromatic rings. The lowest BCUT2D eigenvalue weighted by atomic mass is 10.1. The van der Waals surface area contributed by atoms with Gasteiger partial charge in [0.15, 0.2) is 0 Å². The van der Waals surface area contributed by atoms with Crippen molar-refractivity contribution in [1.82, 2.24) is 10.2 Å². The van der Waals surface area contributed by atoms with Crippen LogP contribution in [0.25, 0.3) is 0 Å². The van der Waals surface area contributed by atoms with Gasteiger partial charge >= 0.3 is 0 Å². The van der Waals surface area contributed by atoms with Crippen molar-refractivity contribution in [2.75, 3.05) is 31.1 Å². The van der Waals surface area contributed by atoms with Crippen LogP contribution in [0.2, 0.25) is 0 Å².